The molecule has 0 saturated carbocycles. The van der Waals surface area contributed by atoms with E-state index in [4.69, 9.17) is 4.74 Å². The van der Waals surface area contributed by atoms with Gasteiger partial charge in [0.25, 0.3) is 0 Å². The molecular formula is C16H13F3N4O3S. The normalized spacial score (nSPS) is 13.8. The van der Waals surface area contributed by atoms with E-state index < -0.39 is 21.8 Å². The summed E-state index contributed by atoms with van der Waals surface area (Å²) in [6.45, 7) is 0. The van der Waals surface area contributed by atoms with Crippen molar-refractivity contribution in [3.05, 3.63) is 48.5 Å². The second kappa shape index (κ2) is 6.99. The maximum Gasteiger partial charge on any atom is 0.471 e. The first kappa shape index (κ1) is 18.8. The minimum atomic E-state index is -4.72. The van der Waals surface area contributed by atoms with Gasteiger partial charge in [-0.2, -0.15) is 22.5 Å². The Morgan fingerprint density at radius 2 is 1.85 bits per heavy atom. The third kappa shape index (κ3) is 4.25. The number of pyridine rings is 1. The van der Waals surface area contributed by atoms with Gasteiger partial charge in [0.2, 0.25) is 5.82 Å². The summed E-state index contributed by atoms with van der Waals surface area (Å²) in [4.78, 5) is 7.73. The van der Waals surface area contributed by atoms with Gasteiger partial charge in [0, 0.05) is 16.7 Å². The van der Waals surface area contributed by atoms with E-state index in [0.29, 0.717) is 10.6 Å². The molecule has 142 valence electrons. The van der Waals surface area contributed by atoms with Gasteiger partial charge in [-0.1, -0.05) is 5.16 Å². The molecule has 2 aromatic heterocycles. The van der Waals surface area contributed by atoms with Crippen LogP contribution in [0, 0.1) is 0 Å². The third-order valence-electron chi connectivity index (χ3n) is 3.44. The fourth-order valence-electron chi connectivity index (χ4n) is 2.09. The van der Waals surface area contributed by atoms with Crippen LogP contribution in [0.5, 0.6) is 5.75 Å². The van der Waals surface area contributed by atoms with Gasteiger partial charge in [0.15, 0.2) is 5.82 Å². The lowest BCUT2D eigenvalue weighted by molar-refractivity contribution is -0.159. The summed E-state index contributed by atoms with van der Waals surface area (Å²) in [5.74, 6) is -0.841. The number of hydrogen-bond donors (Lipinski definition) is 0. The third-order valence-corrected chi connectivity index (χ3v) is 5.12. The van der Waals surface area contributed by atoms with E-state index in [2.05, 4.69) is 24.0 Å². The highest BCUT2D eigenvalue weighted by Crippen LogP contribution is 2.29. The molecule has 0 N–H and O–H groups in total. The molecule has 1 unspecified atom stereocenters. The molecule has 0 aliphatic heterocycles. The molecule has 0 aliphatic rings. The van der Waals surface area contributed by atoms with Gasteiger partial charge in [0.1, 0.15) is 5.75 Å². The number of halogens is 3. The Morgan fingerprint density at radius 3 is 2.37 bits per heavy atom. The van der Waals surface area contributed by atoms with Crippen LogP contribution in [0.4, 0.5) is 19.0 Å². The zero-order chi connectivity index (χ0) is 19.7. The average Bonchev–Trinajstić information content (AvgIpc) is 3.13. The molecule has 1 atom stereocenters. The number of methoxy groups -OCH3 is 1. The molecule has 11 heteroatoms. The summed E-state index contributed by atoms with van der Waals surface area (Å²) in [5.41, 5.74) is 0.288. The number of hydrogen-bond acceptors (Lipinski definition) is 7. The van der Waals surface area contributed by atoms with Crippen molar-refractivity contribution in [1.29, 1.82) is 0 Å². The number of benzene rings is 1. The molecule has 0 saturated heterocycles. The Kier molecular flexibility index (Phi) is 4.87. The van der Waals surface area contributed by atoms with E-state index in [9.17, 15) is 17.4 Å². The Bertz CT molecular complexity index is 1050. The molecule has 0 radical (unpaired) electrons. The summed E-state index contributed by atoms with van der Waals surface area (Å²) in [6, 6.07) is 9.05. The summed E-state index contributed by atoms with van der Waals surface area (Å²) >= 11 is 0. The van der Waals surface area contributed by atoms with Gasteiger partial charge in [-0.05, 0) is 36.4 Å². The highest BCUT2D eigenvalue weighted by molar-refractivity contribution is 7.93. The van der Waals surface area contributed by atoms with Crippen LogP contribution in [0.15, 0.2) is 56.4 Å². The summed E-state index contributed by atoms with van der Waals surface area (Å²) in [6.07, 6.45) is -1.83. The van der Waals surface area contributed by atoms with E-state index >= 15 is 0 Å². The van der Waals surface area contributed by atoms with Gasteiger partial charge in [0.05, 0.1) is 23.0 Å². The van der Waals surface area contributed by atoms with Crippen molar-refractivity contribution in [2.45, 2.75) is 11.1 Å². The van der Waals surface area contributed by atoms with Crippen LogP contribution in [-0.2, 0) is 15.9 Å². The summed E-state index contributed by atoms with van der Waals surface area (Å²) in [5, 5.41) is 3.31. The van der Waals surface area contributed by atoms with Crippen molar-refractivity contribution in [3.8, 4) is 17.1 Å². The van der Waals surface area contributed by atoms with Crippen molar-refractivity contribution in [2.75, 3.05) is 13.4 Å². The Balaban J connectivity index is 1.88. The smallest absolute Gasteiger partial charge is 0.471 e. The predicted octanol–water partition coefficient (Wildman–Crippen LogP) is 3.95. The minimum Gasteiger partial charge on any atom is -0.495 e. The molecule has 0 aliphatic carbocycles. The molecule has 0 fully saturated rings. The van der Waals surface area contributed by atoms with Crippen LogP contribution >= 0.6 is 0 Å². The van der Waals surface area contributed by atoms with E-state index in [1.165, 1.54) is 43.8 Å². The molecular weight excluding hydrogens is 385 g/mol. The standard InChI is InChI=1S/C16H13F3N4O3S/c1-25-11-5-8-13(20-9-11)23-27(2,24)12-6-3-10(4-7-12)14-21-15(26-22-14)16(17,18)19/h3-9H,1-2H3. The van der Waals surface area contributed by atoms with Crippen LogP contribution in [0.25, 0.3) is 11.4 Å². The van der Waals surface area contributed by atoms with E-state index in [-0.39, 0.29) is 17.2 Å². The van der Waals surface area contributed by atoms with E-state index in [1.54, 1.807) is 12.1 Å². The zero-order valence-electron chi connectivity index (χ0n) is 14.1. The molecule has 0 amide bonds. The van der Waals surface area contributed by atoms with Crippen molar-refractivity contribution in [1.82, 2.24) is 15.1 Å². The number of rotatable bonds is 4. The number of alkyl halides is 3. The Morgan fingerprint density at radius 1 is 1.15 bits per heavy atom. The largest absolute Gasteiger partial charge is 0.495 e. The van der Waals surface area contributed by atoms with Crippen LogP contribution in [0.3, 0.4) is 0 Å². The number of nitrogens with zero attached hydrogens (tertiary/aromatic N) is 4. The molecule has 1 aromatic carbocycles. The summed E-state index contributed by atoms with van der Waals surface area (Å²) < 4.78 is 63.8. The Labute approximate surface area is 152 Å². The van der Waals surface area contributed by atoms with E-state index in [1.807, 2.05) is 0 Å². The maximum absolute atomic E-state index is 12.9. The maximum atomic E-state index is 12.9. The van der Waals surface area contributed by atoms with Crippen LogP contribution in [0.2, 0.25) is 0 Å². The van der Waals surface area contributed by atoms with Crippen molar-refractivity contribution < 1.29 is 26.6 Å². The second-order valence-electron chi connectivity index (χ2n) is 5.40. The highest BCUT2D eigenvalue weighted by Gasteiger charge is 2.38. The SMILES string of the molecule is COc1ccc(N=S(C)(=O)c2ccc(-c3noc(C(F)(F)F)n3)cc2)nc1. The van der Waals surface area contributed by atoms with Gasteiger partial charge in [-0.3, -0.25) is 0 Å². The Hall–Kier alpha value is -2.95. The zero-order valence-corrected chi connectivity index (χ0v) is 14.9. The van der Waals surface area contributed by atoms with Crippen molar-refractivity contribution >= 4 is 15.5 Å². The van der Waals surface area contributed by atoms with Gasteiger partial charge >= 0.3 is 12.1 Å². The molecule has 27 heavy (non-hydrogen) atoms. The lowest BCUT2D eigenvalue weighted by Crippen LogP contribution is -2.04. The van der Waals surface area contributed by atoms with Crippen LogP contribution in [0.1, 0.15) is 5.89 Å². The topological polar surface area (TPSA) is 90.5 Å². The second-order valence-corrected chi connectivity index (χ2v) is 7.65. The van der Waals surface area contributed by atoms with E-state index in [0.717, 1.165) is 0 Å². The molecule has 2 heterocycles. The van der Waals surface area contributed by atoms with Gasteiger partial charge in [-0.15, -0.1) is 0 Å². The number of ether oxygens (including phenoxy) is 1. The van der Waals surface area contributed by atoms with Gasteiger partial charge < -0.3 is 9.26 Å². The lowest BCUT2D eigenvalue weighted by atomic mass is 10.2. The fourth-order valence-corrected chi connectivity index (χ4v) is 3.30. The quantitative estimate of drug-likeness (QED) is 0.661. The first-order chi connectivity index (χ1) is 12.7. The van der Waals surface area contributed by atoms with Crippen LogP contribution in [-0.4, -0.2) is 32.7 Å². The number of aromatic nitrogens is 3. The van der Waals surface area contributed by atoms with Crippen molar-refractivity contribution in [2.24, 2.45) is 4.36 Å². The average molecular weight is 398 g/mol. The monoisotopic (exact) mass is 398 g/mol. The fraction of sp³-hybridized carbons (Fsp3) is 0.188. The predicted molar refractivity (Wildman–Crippen MR) is 89.9 cm³/mol. The molecule has 3 rings (SSSR count). The first-order valence-electron chi connectivity index (χ1n) is 7.42. The minimum absolute atomic E-state index is 0.217. The lowest BCUT2D eigenvalue weighted by Gasteiger charge is -2.05. The first-order valence-corrected chi connectivity index (χ1v) is 9.35. The molecule has 3 aromatic rings. The molecule has 7 nitrogen and oxygen atoms in total. The molecule has 0 bridgehead atoms. The van der Waals surface area contributed by atoms with Crippen LogP contribution < -0.4 is 4.74 Å². The van der Waals surface area contributed by atoms with Crippen molar-refractivity contribution in [3.63, 3.8) is 0 Å². The summed E-state index contributed by atoms with van der Waals surface area (Å²) in [7, 11) is -1.32. The highest BCUT2D eigenvalue weighted by atomic mass is 32.2. The van der Waals surface area contributed by atoms with Gasteiger partial charge in [-0.25, -0.2) is 9.19 Å². The molecule has 0 spiro atoms.